The average molecular weight is 339 g/mol. The van der Waals surface area contributed by atoms with Crippen LogP contribution in [0.2, 0.25) is 0 Å². The summed E-state index contributed by atoms with van der Waals surface area (Å²) in [5.41, 5.74) is 0.743. The van der Waals surface area contributed by atoms with E-state index in [0.29, 0.717) is 6.54 Å². The summed E-state index contributed by atoms with van der Waals surface area (Å²) in [6.07, 6.45) is 0. The van der Waals surface area contributed by atoms with Gasteiger partial charge in [0.05, 0.1) is 0 Å². The molecule has 0 saturated heterocycles. The summed E-state index contributed by atoms with van der Waals surface area (Å²) in [4.78, 5) is 2.19. The SMILES string of the molecule is CCN(CCBr)Cc1cc(Br)ccc1F. The third-order valence-electron chi connectivity index (χ3n) is 2.25. The molecule has 4 heteroatoms. The Balaban J connectivity index is 2.73. The van der Waals surface area contributed by atoms with E-state index in [1.54, 1.807) is 6.07 Å². The van der Waals surface area contributed by atoms with Crippen molar-refractivity contribution in [2.24, 2.45) is 0 Å². The predicted molar refractivity (Wildman–Crippen MR) is 68.8 cm³/mol. The Hall–Kier alpha value is 0.0700. The van der Waals surface area contributed by atoms with Crippen molar-refractivity contribution in [3.63, 3.8) is 0 Å². The molecule has 0 atom stereocenters. The predicted octanol–water partition coefficient (Wildman–Crippen LogP) is 3.81. The molecular formula is C11H14Br2FN. The lowest BCUT2D eigenvalue weighted by molar-refractivity contribution is 0.294. The molecule has 1 nitrogen and oxygen atoms in total. The van der Waals surface area contributed by atoms with E-state index in [-0.39, 0.29) is 5.82 Å². The topological polar surface area (TPSA) is 3.24 Å². The summed E-state index contributed by atoms with van der Waals surface area (Å²) in [7, 11) is 0. The fourth-order valence-electron chi connectivity index (χ4n) is 1.37. The highest BCUT2D eigenvalue weighted by Crippen LogP contribution is 2.17. The smallest absolute Gasteiger partial charge is 0.127 e. The Bertz CT molecular complexity index is 317. The Morgan fingerprint density at radius 3 is 2.73 bits per heavy atom. The largest absolute Gasteiger partial charge is 0.298 e. The van der Waals surface area contributed by atoms with Crippen LogP contribution in [0.25, 0.3) is 0 Å². The summed E-state index contributed by atoms with van der Waals surface area (Å²) in [6.45, 7) is 4.60. The van der Waals surface area contributed by atoms with E-state index in [2.05, 4.69) is 43.7 Å². The molecule has 0 unspecified atom stereocenters. The van der Waals surface area contributed by atoms with Gasteiger partial charge in [-0.15, -0.1) is 0 Å². The van der Waals surface area contributed by atoms with Crippen molar-refractivity contribution in [2.45, 2.75) is 13.5 Å². The van der Waals surface area contributed by atoms with Gasteiger partial charge in [-0.3, -0.25) is 4.90 Å². The van der Waals surface area contributed by atoms with E-state index in [0.717, 1.165) is 28.5 Å². The zero-order chi connectivity index (χ0) is 11.3. The maximum Gasteiger partial charge on any atom is 0.127 e. The highest BCUT2D eigenvalue weighted by molar-refractivity contribution is 9.10. The molecule has 1 aromatic carbocycles. The maximum atomic E-state index is 13.4. The van der Waals surface area contributed by atoms with Crippen LogP contribution in [0, 0.1) is 5.82 Å². The summed E-state index contributed by atoms with van der Waals surface area (Å²) in [5, 5.41) is 0.913. The van der Waals surface area contributed by atoms with Gasteiger partial charge in [0, 0.05) is 28.5 Å². The molecule has 0 spiro atoms. The highest BCUT2D eigenvalue weighted by Gasteiger charge is 2.07. The fourth-order valence-corrected chi connectivity index (χ4v) is 2.28. The number of hydrogen-bond acceptors (Lipinski definition) is 1. The summed E-state index contributed by atoms with van der Waals surface area (Å²) in [5.74, 6) is -0.133. The Morgan fingerprint density at radius 1 is 1.40 bits per heavy atom. The molecule has 0 fully saturated rings. The molecule has 0 saturated carbocycles. The Kier molecular flexibility index (Phi) is 5.79. The molecule has 0 aliphatic carbocycles. The van der Waals surface area contributed by atoms with Gasteiger partial charge < -0.3 is 0 Å². The van der Waals surface area contributed by atoms with Gasteiger partial charge in [-0.2, -0.15) is 0 Å². The van der Waals surface area contributed by atoms with Gasteiger partial charge >= 0.3 is 0 Å². The van der Waals surface area contributed by atoms with Crippen molar-refractivity contribution in [1.82, 2.24) is 4.90 Å². The first-order chi connectivity index (χ1) is 7.17. The molecular weight excluding hydrogens is 325 g/mol. The van der Waals surface area contributed by atoms with Crippen molar-refractivity contribution in [3.05, 3.63) is 34.1 Å². The first-order valence-electron chi connectivity index (χ1n) is 4.89. The minimum Gasteiger partial charge on any atom is -0.298 e. The summed E-state index contributed by atoms with van der Waals surface area (Å²) < 4.78 is 14.4. The second-order valence-electron chi connectivity index (χ2n) is 3.29. The van der Waals surface area contributed by atoms with Crippen LogP contribution < -0.4 is 0 Å². The Morgan fingerprint density at radius 2 is 2.13 bits per heavy atom. The van der Waals surface area contributed by atoms with Crippen LogP contribution in [-0.2, 0) is 6.54 Å². The van der Waals surface area contributed by atoms with Crippen molar-refractivity contribution in [3.8, 4) is 0 Å². The van der Waals surface area contributed by atoms with Crippen LogP contribution in [-0.4, -0.2) is 23.3 Å². The summed E-state index contributed by atoms with van der Waals surface area (Å²) in [6, 6.07) is 5.06. The van der Waals surface area contributed by atoms with Crippen LogP contribution in [0.15, 0.2) is 22.7 Å². The minimum atomic E-state index is -0.133. The van der Waals surface area contributed by atoms with Gasteiger partial charge in [0.15, 0.2) is 0 Å². The number of alkyl halides is 1. The molecule has 0 N–H and O–H groups in total. The van der Waals surface area contributed by atoms with Crippen LogP contribution in [0.4, 0.5) is 4.39 Å². The molecule has 0 aromatic heterocycles. The normalized spacial score (nSPS) is 11.0. The van der Waals surface area contributed by atoms with Crippen molar-refractivity contribution in [2.75, 3.05) is 18.4 Å². The maximum absolute atomic E-state index is 13.4. The molecule has 0 bridgehead atoms. The van der Waals surface area contributed by atoms with Gasteiger partial charge in [0.25, 0.3) is 0 Å². The van der Waals surface area contributed by atoms with E-state index in [4.69, 9.17) is 0 Å². The number of rotatable bonds is 5. The minimum absolute atomic E-state index is 0.133. The molecule has 0 aliphatic rings. The number of halogens is 3. The Labute approximate surface area is 107 Å². The van der Waals surface area contributed by atoms with Crippen LogP contribution in [0.3, 0.4) is 0 Å². The molecule has 84 valence electrons. The van der Waals surface area contributed by atoms with Crippen molar-refractivity contribution >= 4 is 31.9 Å². The van der Waals surface area contributed by atoms with Gasteiger partial charge in [0.2, 0.25) is 0 Å². The van der Waals surface area contributed by atoms with E-state index < -0.39 is 0 Å². The lowest BCUT2D eigenvalue weighted by atomic mass is 10.2. The number of benzene rings is 1. The first-order valence-corrected chi connectivity index (χ1v) is 6.81. The second kappa shape index (κ2) is 6.61. The summed E-state index contributed by atoms with van der Waals surface area (Å²) >= 11 is 6.75. The number of nitrogens with zero attached hydrogens (tertiary/aromatic N) is 1. The van der Waals surface area contributed by atoms with Crippen LogP contribution in [0.5, 0.6) is 0 Å². The molecule has 0 radical (unpaired) electrons. The fraction of sp³-hybridized carbons (Fsp3) is 0.455. The van der Waals surface area contributed by atoms with Gasteiger partial charge in [-0.1, -0.05) is 38.8 Å². The molecule has 1 aromatic rings. The third-order valence-corrected chi connectivity index (χ3v) is 3.10. The van der Waals surface area contributed by atoms with Crippen molar-refractivity contribution < 1.29 is 4.39 Å². The van der Waals surface area contributed by atoms with Crippen LogP contribution >= 0.6 is 31.9 Å². The van der Waals surface area contributed by atoms with E-state index in [1.807, 2.05) is 6.07 Å². The zero-order valence-corrected chi connectivity index (χ0v) is 11.8. The lowest BCUT2D eigenvalue weighted by Gasteiger charge is -2.19. The third kappa shape index (κ3) is 4.21. The zero-order valence-electron chi connectivity index (χ0n) is 8.64. The number of hydrogen-bond donors (Lipinski definition) is 0. The average Bonchev–Trinajstić information content (AvgIpc) is 2.22. The standard InChI is InChI=1S/C11H14Br2FN/c1-2-15(6-5-12)8-9-7-10(13)3-4-11(9)14/h3-4,7H,2,5-6,8H2,1H3. The van der Waals surface area contributed by atoms with Gasteiger partial charge in [0.1, 0.15) is 5.82 Å². The van der Waals surface area contributed by atoms with E-state index >= 15 is 0 Å². The molecule has 0 heterocycles. The lowest BCUT2D eigenvalue weighted by Crippen LogP contribution is -2.25. The van der Waals surface area contributed by atoms with Crippen LogP contribution in [0.1, 0.15) is 12.5 Å². The molecule has 15 heavy (non-hydrogen) atoms. The molecule has 0 aliphatic heterocycles. The highest BCUT2D eigenvalue weighted by atomic mass is 79.9. The first kappa shape index (κ1) is 13.1. The monoisotopic (exact) mass is 337 g/mol. The second-order valence-corrected chi connectivity index (χ2v) is 5.00. The molecule has 1 rings (SSSR count). The molecule has 0 amide bonds. The van der Waals surface area contributed by atoms with Gasteiger partial charge in [-0.25, -0.2) is 4.39 Å². The van der Waals surface area contributed by atoms with Gasteiger partial charge in [-0.05, 0) is 24.7 Å². The quantitative estimate of drug-likeness (QED) is 0.738. The van der Waals surface area contributed by atoms with E-state index in [1.165, 1.54) is 6.07 Å². The van der Waals surface area contributed by atoms with E-state index in [9.17, 15) is 4.39 Å². The van der Waals surface area contributed by atoms with Crippen molar-refractivity contribution in [1.29, 1.82) is 0 Å².